The van der Waals surface area contributed by atoms with Crippen molar-refractivity contribution in [3.05, 3.63) is 66.0 Å². The normalized spacial score (nSPS) is 10.6. The topological polar surface area (TPSA) is 62.2 Å². The van der Waals surface area contributed by atoms with E-state index in [-0.39, 0.29) is 12.5 Å². The number of hydrogen-bond acceptors (Lipinski definition) is 3. The Hall–Kier alpha value is -2.46. The Morgan fingerprint density at radius 3 is 2.89 bits per heavy atom. The SMILES string of the molecule is O=C(Nc1cccc(/C=C/CO)c1)c1ccccn1. The molecule has 4 heteroatoms. The number of hydrogen-bond donors (Lipinski definition) is 2. The summed E-state index contributed by atoms with van der Waals surface area (Å²) in [6.45, 7) is -0.00940. The van der Waals surface area contributed by atoms with Crippen molar-refractivity contribution in [2.75, 3.05) is 11.9 Å². The van der Waals surface area contributed by atoms with E-state index in [2.05, 4.69) is 10.3 Å². The zero-order valence-electron chi connectivity index (χ0n) is 10.3. The van der Waals surface area contributed by atoms with Crippen LogP contribution in [0.4, 0.5) is 5.69 Å². The predicted molar refractivity (Wildman–Crippen MR) is 74.8 cm³/mol. The molecule has 0 bridgehead atoms. The molecule has 0 aliphatic rings. The minimum Gasteiger partial charge on any atom is -0.392 e. The van der Waals surface area contributed by atoms with E-state index in [1.54, 1.807) is 42.6 Å². The number of nitrogens with one attached hydrogen (secondary N) is 1. The van der Waals surface area contributed by atoms with Gasteiger partial charge in [0, 0.05) is 11.9 Å². The number of aliphatic hydroxyl groups is 1. The Kier molecular flexibility index (Phi) is 4.42. The molecule has 0 saturated carbocycles. The maximum atomic E-state index is 11.9. The highest BCUT2D eigenvalue weighted by molar-refractivity contribution is 6.02. The Labute approximate surface area is 111 Å². The zero-order valence-corrected chi connectivity index (χ0v) is 10.3. The summed E-state index contributed by atoms with van der Waals surface area (Å²) in [5.74, 6) is -0.246. The van der Waals surface area contributed by atoms with Crippen LogP contribution in [0.25, 0.3) is 6.08 Å². The van der Waals surface area contributed by atoms with Gasteiger partial charge in [-0.05, 0) is 29.8 Å². The number of aliphatic hydroxyl groups excluding tert-OH is 1. The molecule has 0 atom stereocenters. The number of carbonyl (C=O) groups is 1. The minimum atomic E-state index is -0.246. The number of benzene rings is 1. The van der Waals surface area contributed by atoms with Crippen molar-refractivity contribution >= 4 is 17.7 Å². The number of pyridine rings is 1. The highest BCUT2D eigenvalue weighted by Crippen LogP contribution is 2.13. The van der Waals surface area contributed by atoms with Gasteiger partial charge in [0.2, 0.25) is 0 Å². The largest absolute Gasteiger partial charge is 0.392 e. The summed E-state index contributed by atoms with van der Waals surface area (Å²) < 4.78 is 0. The first-order valence-electron chi connectivity index (χ1n) is 5.89. The second kappa shape index (κ2) is 6.47. The van der Waals surface area contributed by atoms with Crippen molar-refractivity contribution in [3.63, 3.8) is 0 Å². The molecule has 0 radical (unpaired) electrons. The van der Waals surface area contributed by atoms with Crippen molar-refractivity contribution in [1.29, 1.82) is 0 Å². The van der Waals surface area contributed by atoms with Gasteiger partial charge in [0.15, 0.2) is 0 Å². The van der Waals surface area contributed by atoms with Gasteiger partial charge in [0.05, 0.1) is 6.61 Å². The fraction of sp³-hybridized carbons (Fsp3) is 0.0667. The van der Waals surface area contributed by atoms with Crippen LogP contribution in [0, 0.1) is 0 Å². The number of nitrogens with zero attached hydrogens (tertiary/aromatic N) is 1. The molecule has 4 nitrogen and oxygen atoms in total. The average molecular weight is 254 g/mol. The number of anilines is 1. The summed E-state index contributed by atoms with van der Waals surface area (Å²) in [4.78, 5) is 15.9. The summed E-state index contributed by atoms with van der Waals surface area (Å²) in [7, 11) is 0. The molecule has 2 rings (SSSR count). The highest BCUT2D eigenvalue weighted by Gasteiger charge is 2.06. The van der Waals surface area contributed by atoms with E-state index in [0.717, 1.165) is 5.56 Å². The van der Waals surface area contributed by atoms with Crippen molar-refractivity contribution in [2.24, 2.45) is 0 Å². The summed E-state index contributed by atoms with van der Waals surface area (Å²) >= 11 is 0. The molecule has 19 heavy (non-hydrogen) atoms. The van der Waals surface area contributed by atoms with E-state index in [1.165, 1.54) is 0 Å². The van der Waals surface area contributed by atoms with E-state index >= 15 is 0 Å². The van der Waals surface area contributed by atoms with Gasteiger partial charge in [0.25, 0.3) is 5.91 Å². The smallest absolute Gasteiger partial charge is 0.274 e. The second-order valence-corrected chi connectivity index (χ2v) is 3.88. The molecule has 1 amide bonds. The Morgan fingerprint density at radius 1 is 1.26 bits per heavy atom. The lowest BCUT2D eigenvalue weighted by Crippen LogP contribution is -2.13. The van der Waals surface area contributed by atoms with E-state index < -0.39 is 0 Å². The van der Waals surface area contributed by atoms with Crippen molar-refractivity contribution in [1.82, 2.24) is 4.98 Å². The van der Waals surface area contributed by atoms with Crippen molar-refractivity contribution < 1.29 is 9.90 Å². The standard InChI is InChI=1S/C15H14N2O2/c18-10-4-6-12-5-3-7-13(11-12)17-15(19)14-8-1-2-9-16-14/h1-9,11,18H,10H2,(H,17,19)/b6-4+. The molecule has 96 valence electrons. The molecule has 2 aromatic rings. The number of amides is 1. The Balaban J connectivity index is 2.11. The van der Waals surface area contributed by atoms with Crippen LogP contribution < -0.4 is 5.32 Å². The van der Waals surface area contributed by atoms with Crippen LogP contribution in [0.2, 0.25) is 0 Å². The molecule has 1 aromatic carbocycles. The number of aromatic nitrogens is 1. The predicted octanol–water partition coefficient (Wildman–Crippen LogP) is 2.34. The molecule has 0 aliphatic heterocycles. The van der Waals surface area contributed by atoms with Gasteiger partial charge in [-0.25, -0.2) is 0 Å². The van der Waals surface area contributed by atoms with Gasteiger partial charge in [-0.3, -0.25) is 9.78 Å². The van der Waals surface area contributed by atoms with Crippen LogP contribution in [-0.4, -0.2) is 22.6 Å². The van der Waals surface area contributed by atoms with Crippen LogP contribution in [-0.2, 0) is 0 Å². The molecule has 1 heterocycles. The van der Waals surface area contributed by atoms with E-state index in [9.17, 15) is 4.79 Å². The van der Waals surface area contributed by atoms with Crippen LogP contribution in [0.1, 0.15) is 16.1 Å². The number of carbonyl (C=O) groups excluding carboxylic acids is 1. The lowest BCUT2D eigenvalue weighted by molar-refractivity contribution is 0.102. The van der Waals surface area contributed by atoms with E-state index in [1.807, 2.05) is 18.2 Å². The first-order chi connectivity index (χ1) is 9.29. The van der Waals surface area contributed by atoms with Gasteiger partial charge in [-0.1, -0.05) is 30.4 Å². The lowest BCUT2D eigenvalue weighted by atomic mass is 10.2. The Bertz CT molecular complexity index is 580. The van der Waals surface area contributed by atoms with Gasteiger partial charge in [-0.2, -0.15) is 0 Å². The third kappa shape index (κ3) is 3.76. The second-order valence-electron chi connectivity index (χ2n) is 3.88. The molecule has 0 saturated heterocycles. The van der Waals surface area contributed by atoms with Crippen LogP contribution in [0.5, 0.6) is 0 Å². The minimum absolute atomic E-state index is 0.00940. The summed E-state index contributed by atoms with van der Waals surface area (Å²) in [6.07, 6.45) is 5.01. The maximum absolute atomic E-state index is 11.9. The van der Waals surface area contributed by atoms with Crippen molar-refractivity contribution in [3.8, 4) is 0 Å². The quantitative estimate of drug-likeness (QED) is 0.880. The average Bonchev–Trinajstić information content (AvgIpc) is 2.46. The first-order valence-corrected chi connectivity index (χ1v) is 5.89. The molecular formula is C15H14N2O2. The molecule has 0 aliphatic carbocycles. The summed E-state index contributed by atoms with van der Waals surface area (Å²) in [5, 5.41) is 11.5. The fourth-order valence-electron chi connectivity index (χ4n) is 1.60. The summed E-state index contributed by atoms with van der Waals surface area (Å²) in [6, 6.07) is 12.5. The van der Waals surface area contributed by atoms with Gasteiger partial charge in [-0.15, -0.1) is 0 Å². The van der Waals surface area contributed by atoms with E-state index in [4.69, 9.17) is 5.11 Å². The molecular weight excluding hydrogens is 240 g/mol. The third-order valence-corrected chi connectivity index (χ3v) is 2.46. The lowest BCUT2D eigenvalue weighted by Gasteiger charge is -2.05. The molecule has 2 N–H and O–H groups in total. The fourth-order valence-corrected chi connectivity index (χ4v) is 1.60. The maximum Gasteiger partial charge on any atom is 0.274 e. The van der Waals surface area contributed by atoms with Crippen LogP contribution >= 0.6 is 0 Å². The van der Waals surface area contributed by atoms with Crippen LogP contribution in [0.15, 0.2) is 54.7 Å². The molecule has 0 spiro atoms. The van der Waals surface area contributed by atoms with Crippen LogP contribution in [0.3, 0.4) is 0 Å². The molecule has 1 aromatic heterocycles. The van der Waals surface area contributed by atoms with Gasteiger partial charge in [0.1, 0.15) is 5.69 Å². The van der Waals surface area contributed by atoms with Crippen molar-refractivity contribution in [2.45, 2.75) is 0 Å². The third-order valence-electron chi connectivity index (χ3n) is 2.46. The van der Waals surface area contributed by atoms with E-state index in [0.29, 0.717) is 11.4 Å². The van der Waals surface area contributed by atoms with Gasteiger partial charge >= 0.3 is 0 Å². The molecule has 0 fully saturated rings. The highest BCUT2D eigenvalue weighted by atomic mass is 16.2. The Morgan fingerprint density at radius 2 is 2.16 bits per heavy atom. The number of rotatable bonds is 4. The zero-order chi connectivity index (χ0) is 13.5. The first kappa shape index (κ1) is 13.0. The monoisotopic (exact) mass is 254 g/mol. The summed E-state index contributed by atoms with van der Waals surface area (Å²) in [5.41, 5.74) is 1.97. The molecule has 0 unspecified atom stereocenters. The van der Waals surface area contributed by atoms with Gasteiger partial charge < -0.3 is 10.4 Å².